The van der Waals surface area contributed by atoms with Crippen LogP contribution in [-0.2, 0) is 4.79 Å². The van der Waals surface area contributed by atoms with Gasteiger partial charge in [0.2, 0.25) is 6.79 Å². The normalized spacial score (nSPS) is 12.2. The van der Waals surface area contributed by atoms with Crippen molar-refractivity contribution in [1.29, 1.82) is 0 Å². The number of hydrogen-bond acceptors (Lipinski definition) is 6. The van der Waals surface area contributed by atoms with E-state index in [1.54, 1.807) is 6.07 Å². The van der Waals surface area contributed by atoms with Crippen LogP contribution in [0.15, 0.2) is 24.4 Å². The first-order chi connectivity index (χ1) is 11.6. The molecule has 1 aromatic heterocycles. The zero-order chi connectivity index (χ0) is 17.1. The maximum Gasteiger partial charge on any atom is 0.323 e. The van der Waals surface area contributed by atoms with Crippen LogP contribution >= 0.6 is 11.3 Å². The molecule has 1 aliphatic heterocycles. The van der Waals surface area contributed by atoms with Gasteiger partial charge in [-0.3, -0.25) is 9.59 Å². The van der Waals surface area contributed by atoms with Crippen LogP contribution < -0.4 is 9.47 Å². The first-order valence-electron chi connectivity index (χ1n) is 7.45. The molecule has 1 aliphatic rings. The number of carbonyl (C=O) groups is 2. The molecule has 0 unspecified atom stereocenters. The maximum absolute atomic E-state index is 12.5. The minimum atomic E-state index is -1.03. The minimum absolute atomic E-state index is 0.196. The van der Waals surface area contributed by atoms with Crippen LogP contribution in [0.1, 0.15) is 23.0 Å². The van der Waals surface area contributed by atoms with E-state index in [0.29, 0.717) is 34.3 Å². The van der Waals surface area contributed by atoms with Crippen molar-refractivity contribution in [3.8, 4) is 22.1 Å². The number of thiazole rings is 1. The maximum atomic E-state index is 12.5. The number of fused-ring (bicyclic) bond motifs is 1. The molecule has 0 fully saturated rings. The van der Waals surface area contributed by atoms with E-state index in [1.807, 2.05) is 19.1 Å². The fraction of sp³-hybridized carbons (Fsp3) is 0.312. The van der Waals surface area contributed by atoms with Gasteiger partial charge in [0, 0.05) is 12.1 Å². The average molecular weight is 348 g/mol. The fourth-order valence-corrected chi connectivity index (χ4v) is 3.26. The average Bonchev–Trinajstić information content (AvgIpc) is 3.21. The third kappa shape index (κ3) is 3.33. The molecule has 0 aliphatic carbocycles. The summed E-state index contributed by atoms with van der Waals surface area (Å²) in [5.74, 6) is -0.0164. The molecule has 24 heavy (non-hydrogen) atoms. The van der Waals surface area contributed by atoms with Crippen LogP contribution in [0.2, 0.25) is 0 Å². The Hall–Kier alpha value is -2.61. The van der Waals surface area contributed by atoms with E-state index in [9.17, 15) is 9.59 Å². The lowest BCUT2D eigenvalue weighted by Crippen LogP contribution is -2.35. The molecule has 0 saturated heterocycles. The topological polar surface area (TPSA) is 89.0 Å². The van der Waals surface area contributed by atoms with E-state index in [0.717, 1.165) is 5.56 Å². The number of carboxylic acids is 1. The van der Waals surface area contributed by atoms with Crippen LogP contribution in [-0.4, -0.2) is 46.7 Å². The molecule has 2 heterocycles. The molecule has 0 bridgehead atoms. The van der Waals surface area contributed by atoms with Gasteiger partial charge in [-0.15, -0.1) is 11.3 Å². The second-order valence-corrected chi connectivity index (χ2v) is 6.25. The van der Waals surface area contributed by atoms with Crippen LogP contribution in [0.5, 0.6) is 11.5 Å². The standard InChI is InChI=1S/C16H16N2O5S/c1-2-5-18(8-14(19)20)16(21)13-7-17-15(24-13)10-3-4-11-12(6-10)23-9-22-11/h3-4,6-7H,2,5,8-9H2,1H3,(H,19,20). The number of amides is 1. The summed E-state index contributed by atoms with van der Waals surface area (Å²) >= 11 is 1.23. The Kier molecular flexibility index (Phi) is 4.66. The summed E-state index contributed by atoms with van der Waals surface area (Å²) in [4.78, 5) is 29.4. The van der Waals surface area contributed by atoms with Crippen molar-refractivity contribution in [3.05, 3.63) is 29.3 Å². The van der Waals surface area contributed by atoms with Gasteiger partial charge in [-0.05, 0) is 24.6 Å². The molecule has 0 spiro atoms. The number of aromatic nitrogens is 1. The Balaban J connectivity index is 1.81. The number of ether oxygens (including phenoxy) is 2. The van der Waals surface area contributed by atoms with E-state index in [4.69, 9.17) is 14.6 Å². The van der Waals surface area contributed by atoms with E-state index in [-0.39, 0.29) is 19.2 Å². The van der Waals surface area contributed by atoms with E-state index in [2.05, 4.69) is 4.98 Å². The van der Waals surface area contributed by atoms with E-state index in [1.165, 1.54) is 22.4 Å². The summed E-state index contributed by atoms with van der Waals surface area (Å²) in [6.07, 6.45) is 2.17. The van der Waals surface area contributed by atoms with Crippen LogP contribution in [0, 0.1) is 0 Å². The number of carbonyl (C=O) groups excluding carboxylic acids is 1. The molecule has 8 heteroatoms. The second-order valence-electron chi connectivity index (χ2n) is 5.22. The molecule has 7 nitrogen and oxygen atoms in total. The number of aliphatic carboxylic acids is 1. The van der Waals surface area contributed by atoms with Gasteiger partial charge in [0.1, 0.15) is 16.4 Å². The minimum Gasteiger partial charge on any atom is -0.480 e. The van der Waals surface area contributed by atoms with E-state index >= 15 is 0 Å². The third-order valence-corrected chi connectivity index (χ3v) is 4.48. The summed E-state index contributed by atoms with van der Waals surface area (Å²) in [6.45, 7) is 2.17. The Morgan fingerprint density at radius 1 is 1.33 bits per heavy atom. The predicted octanol–water partition coefficient (Wildman–Crippen LogP) is 2.48. The molecule has 3 rings (SSSR count). The Morgan fingerprint density at radius 2 is 2.12 bits per heavy atom. The molecular weight excluding hydrogens is 332 g/mol. The van der Waals surface area contributed by atoms with Gasteiger partial charge in [-0.25, -0.2) is 4.98 Å². The quantitative estimate of drug-likeness (QED) is 0.863. The summed E-state index contributed by atoms with van der Waals surface area (Å²) in [7, 11) is 0. The molecule has 0 radical (unpaired) electrons. The van der Waals surface area contributed by atoms with Crippen molar-refractivity contribution < 1.29 is 24.2 Å². The molecule has 1 amide bonds. The summed E-state index contributed by atoms with van der Waals surface area (Å²) in [5.41, 5.74) is 0.823. The largest absolute Gasteiger partial charge is 0.480 e. The van der Waals surface area contributed by atoms with Gasteiger partial charge in [0.15, 0.2) is 11.5 Å². The van der Waals surface area contributed by atoms with E-state index < -0.39 is 5.97 Å². The van der Waals surface area contributed by atoms with Crippen molar-refractivity contribution in [1.82, 2.24) is 9.88 Å². The smallest absolute Gasteiger partial charge is 0.323 e. The number of carboxylic acid groups (broad SMARTS) is 1. The molecule has 0 atom stereocenters. The molecule has 1 N–H and O–H groups in total. The van der Waals surface area contributed by atoms with Crippen molar-refractivity contribution in [2.45, 2.75) is 13.3 Å². The van der Waals surface area contributed by atoms with Gasteiger partial charge in [-0.1, -0.05) is 6.92 Å². The van der Waals surface area contributed by atoms with Crippen LogP contribution in [0.4, 0.5) is 0 Å². The lowest BCUT2D eigenvalue weighted by atomic mass is 10.2. The number of rotatable bonds is 6. The number of benzene rings is 1. The molecule has 126 valence electrons. The first-order valence-corrected chi connectivity index (χ1v) is 8.27. The summed E-state index contributed by atoms with van der Waals surface area (Å²) in [5, 5.41) is 9.62. The second kappa shape index (κ2) is 6.88. The molecular formula is C16H16N2O5S. The van der Waals surface area contributed by atoms with Gasteiger partial charge >= 0.3 is 5.97 Å². The molecule has 2 aromatic rings. The number of nitrogens with zero attached hydrogens (tertiary/aromatic N) is 2. The van der Waals surface area contributed by atoms with Gasteiger partial charge in [0.25, 0.3) is 5.91 Å². The highest BCUT2D eigenvalue weighted by molar-refractivity contribution is 7.16. The van der Waals surface area contributed by atoms with Crippen LogP contribution in [0.3, 0.4) is 0 Å². The lowest BCUT2D eigenvalue weighted by Gasteiger charge is -2.18. The highest BCUT2D eigenvalue weighted by Crippen LogP contribution is 2.37. The van der Waals surface area contributed by atoms with Crippen LogP contribution in [0.25, 0.3) is 10.6 Å². The van der Waals surface area contributed by atoms with Crippen molar-refractivity contribution in [3.63, 3.8) is 0 Å². The lowest BCUT2D eigenvalue weighted by molar-refractivity contribution is -0.137. The Morgan fingerprint density at radius 3 is 2.88 bits per heavy atom. The van der Waals surface area contributed by atoms with Gasteiger partial charge in [0.05, 0.1) is 6.20 Å². The summed E-state index contributed by atoms with van der Waals surface area (Å²) in [6, 6.07) is 5.46. The monoisotopic (exact) mass is 348 g/mol. The van der Waals surface area contributed by atoms with Crippen molar-refractivity contribution >= 4 is 23.2 Å². The van der Waals surface area contributed by atoms with Crippen molar-refractivity contribution in [2.24, 2.45) is 0 Å². The zero-order valence-electron chi connectivity index (χ0n) is 13.0. The highest BCUT2D eigenvalue weighted by atomic mass is 32.1. The highest BCUT2D eigenvalue weighted by Gasteiger charge is 2.21. The van der Waals surface area contributed by atoms with Gasteiger partial charge in [-0.2, -0.15) is 0 Å². The zero-order valence-corrected chi connectivity index (χ0v) is 13.8. The number of hydrogen-bond donors (Lipinski definition) is 1. The SMILES string of the molecule is CCCN(CC(=O)O)C(=O)c1cnc(-c2ccc3c(c2)OCO3)s1. The Labute approximate surface area is 142 Å². The Bertz CT molecular complexity index is 774. The molecule has 0 saturated carbocycles. The van der Waals surface area contributed by atoms with Gasteiger partial charge < -0.3 is 19.5 Å². The van der Waals surface area contributed by atoms with Crippen molar-refractivity contribution in [2.75, 3.05) is 19.9 Å². The fourth-order valence-electron chi connectivity index (χ4n) is 2.38. The summed E-state index contributed by atoms with van der Waals surface area (Å²) < 4.78 is 10.6. The first kappa shape index (κ1) is 16.3. The third-order valence-electron chi connectivity index (χ3n) is 3.44. The predicted molar refractivity (Wildman–Crippen MR) is 87.5 cm³/mol. The molecule has 1 aromatic carbocycles.